The molecule has 1 fully saturated rings. The van der Waals surface area contributed by atoms with Gasteiger partial charge in [0.05, 0.1) is 11.2 Å². The van der Waals surface area contributed by atoms with Gasteiger partial charge in [-0.25, -0.2) is 14.8 Å². The molecule has 1 aliphatic rings. The molecule has 0 N–H and O–H groups in total. The smallest absolute Gasteiger partial charge is 0.358 e. The third kappa shape index (κ3) is 2.99. The van der Waals surface area contributed by atoms with E-state index in [9.17, 15) is 4.79 Å². The van der Waals surface area contributed by atoms with E-state index in [0.29, 0.717) is 5.82 Å². The van der Waals surface area contributed by atoms with Gasteiger partial charge in [-0.2, -0.15) is 0 Å². The molecule has 0 aliphatic heterocycles. The average Bonchev–Trinajstić information content (AvgIpc) is 2.81. The zero-order valence-corrected chi connectivity index (χ0v) is 11.4. The number of esters is 1. The Morgan fingerprint density at radius 1 is 1.44 bits per heavy atom. The second kappa shape index (κ2) is 5.65. The number of carbonyl (C=O) groups is 1. The van der Waals surface area contributed by atoms with Crippen molar-refractivity contribution in [2.24, 2.45) is 0 Å². The zero-order chi connectivity index (χ0) is 13.1. The van der Waals surface area contributed by atoms with Crippen LogP contribution in [0.15, 0.2) is 6.20 Å². The van der Waals surface area contributed by atoms with Gasteiger partial charge in [0.25, 0.3) is 0 Å². The Kier molecular flexibility index (Phi) is 4.17. The van der Waals surface area contributed by atoms with Crippen LogP contribution in [-0.2, 0) is 4.74 Å². The van der Waals surface area contributed by atoms with Crippen LogP contribution >= 0.6 is 11.6 Å². The Hall–Kier alpha value is -1.16. The van der Waals surface area contributed by atoms with Crippen LogP contribution in [0, 0.1) is 0 Å². The average molecular weight is 269 g/mol. The van der Waals surface area contributed by atoms with Gasteiger partial charge in [0, 0.05) is 5.92 Å². The molecule has 2 rings (SSSR count). The molecule has 5 heteroatoms. The van der Waals surface area contributed by atoms with E-state index < -0.39 is 5.97 Å². The third-order valence-corrected chi connectivity index (χ3v) is 3.32. The number of nitrogens with zero attached hydrogens (tertiary/aromatic N) is 2. The molecule has 1 saturated carbocycles. The van der Waals surface area contributed by atoms with Crippen molar-refractivity contribution in [1.82, 2.24) is 9.97 Å². The lowest BCUT2D eigenvalue weighted by Crippen LogP contribution is -2.17. The summed E-state index contributed by atoms with van der Waals surface area (Å²) in [5, 5.41) is 0.252. The van der Waals surface area contributed by atoms with E-state index in [2.05, 4.69) is 9.97 Å². The largest absolute Gasteiger partial charge is 0.458 e. The lowest BCUT2D eigenvalue weighted by atomic mass is 10.2. The van der Waals surface area contributed by atoms with Crippen molar-refractivity contribution in [3.05, 3.63) is 22.7 Å². The fourth-order valence-electron chi connectivity index (χ4n) is 2.02. The molecule has 0 spiro atoms. The van der Waals surface area contributed by atoms with Gasteiger partial charge in [-0.1, -0.05) is 25.4 Å². The Labute approximate surface area is 112 Å². The molecule has 18 heavy (non-hydrogen) atoms. The number of hydrogen-bond donors (Lipinski definition) is 0. The minimum absolute atomic E-state index is 0.0195. The highest BCUT2D eigenvalue weighted by Gasteiger charge is 2.23. The molecular weight excluding hydrogens is 252 g/mol. The molecule has 1 aromatic heterocycles. The number of carbonyl (C=O) groups excluding carboxylic acids is 1. The first kappa shape index (κ1) is 13.3. The first-order valence-electron chi connectivity index (χ1n) is 6.31. The van der Waals surface area contributed by atoms with Crippen LogP contribution in [0.4, 0.5) is 0 Å². The van der Waals surface area contributed by atoms with Gasteiger partial charge >= 0.3 is 5.97 Å². The molecule has 0 unspecified atom stereocenters. The van der Waals surface area contributed by atoms with Crippen molar-refractivity contribution in [3.8, 4) is 0 Å². The molecule has 1 heterocycles. The highest BCUT2D eigenvalue weighted by atomic mass is 35.5. The number of aromatic nitrogens is 2. The van der Waals surface area contributed by atoms with Gasteiger partial charge in [-0.15, -0.1) is 0 Å². The van der Waals surface area contributed by atoms with Crippen molar-refractivity contribution in [2.75, 3.05) is 0 Å². The van der Waals surface area contributed by atoms with Crippen LogP contribution in [0.2, 0.25) is 5.02 Å². The molecule has 0 amide bonds. The van der Waals surface area contributed by atoms with Gasteiger partial charge < -0.3 is 4.74 Å². The van der Waals surface area contributed by atoms with E-state index in [0.717, 1.165) is 25.7 Å². The van der Waals surface area contributed by atoms with Crippen LogP contribution in [0.1, 0.15) is 61.8 Å². The van der Waals surface area contributed by atoms with Gasteiger partial charge in [0.1, 0.15) is 11.9 Å². The molecule has 1 aliphatic carbocycles. The summed E-state index contributed by atoms with van der Waals surface area (Å²) in [5.74, 6) is 0.328. The normalized spacial score (nSPS) is 16.2. The minimum Gasteiger partial charge on any atom is -0.458 e. The van der Waals surface area contributed by atoms with E-state index in [1.807, 2.05) is 13.8 Å². The standard InChI is InChI=1S/C13H17ClN2O2/c1-8(2)12-15-7-10(14)11(16-12)13(17)18-9-5-3-4-6-9/h7-9H,3-6H2,1-2H3. The van der Waals surface area contributed by atoms with Crippen LogP contribution in [0.3, 0.4) is 0 Å². The zero-order valence-electron chi connectivity index (χ0n) is 10.6. The topological polar surface area (TPSA) is 52.1 Å². The van der Waals surface area contributed by atoms with Crippen molar-refractivity contribution < 1.29 is 9.53 Å². The number of hydrogen-bond acceptors (Lipinski definition) is 4. The molecule has 0 radical (unpaired) electrons. The molecule has 0 saturated heterocycles. The van der Waals surface area contributed by atoms with E-state index in [-0.39, 0.29) is 22.7 Å². The summed E-state index contributed by atoms with van der Waals surface area (Å²) in [5.41, 5.74) is 0.183. The van der Waals surface area contributed by atoms with E-state index >= 15 is 0 Å². The Bertz CT molecular complexity index is 443. The molecule has 98 valence electrons. The molecule has 1 aromatic rings. The summed E-state index contributed by atoms with van der Waals surface area (Å²) in [6.45, 7) is 3.94. The van der Waals surface area contributed by atoms with Crippen molar-refractivity contribution in [2.45, 2.75) is 51.6 Å². The Balaban J connectivity index is 2.15. The molecule has 0 bridgehead atoms. The van der Waals surface area contributed by atoms with Crippen LogP contribution in [0.25, 0.3) is 0 Å². The summed E-state index contributed by atoms with van der Waals surface area (Å²) in [6.07, 6.45) is 5.59. The molecule has 0 atom stereocenters. The number of rotatable bonds is 3. The lowest BCUT2D eigenvalue weighted by molar-refractivity contribution is 0.0310. The Morgan fingerprint density at radius 3 is 2.72 bits per heavy atom. The summed E-state index contributed by atoms with van der Waals surface area (Å²) >= 11 is 5.96. The van der Waals surface area contributed by atoms with Crippen molar-refractivity contribution in [1.29, 1.82) is 0 Å². The number of ether oxygens (including phenoxy) is 1. The van der Waals surface area contributed by atoms with E-state index in [1.54, 1.807) is 0 Å². The second-order valence-electron chi connectivity index (χ2n) is 4.89. The van der Waals surface area contributed by atoms with Crippen LogP contribution < -0.4 is 0 Å². The molecule has 0 aromatic carbocycles. The van der Waals surface area contributed by atoms with E-state index in [1.165, 1.54) is 6.20 Å². The fraction of sp³-hybridized carbons (Fsp3) is 0.615. The maximum absolute atomic E-state index is 12.0. The lowest BCUT2D eigenvalue weighted by Gasteiger charge is -2.12. The predicted octanol–water partition coefficient (Wildman–Crippen LogP) is 3.35. The van der Waals surface area contributed by atoms with Crippen molar-refractivity contribution >= 4 is 17.6 Å². The summed E-state index contributed by atoms with van der Waals surface area (Å²) in [4.78, 5) is 20.3. The van der Waals surface area contributed by atoms with Crippen LogP contribution in [-0.4, -0.2) is 22.0 Å². The monoisotopic (exact) mass is 268 g/mol. The predicted molar refractivity (Wildman–Crippen MR) is 68.8 cm³/mol. The SMILES string of the molecule is CC(C)c1ncc(Cl)c(C(=O)OC2CCCC2)n1. The highest BCUT2D eigenvalue weighted by Crippen LogP contribution is 2.23. The maximum atomic E-state index is 12.0. The summed E-state index contributed by atoms with van der Waals surface area (Å²) in [7, 11) is 0. The van der Waals surface area contributed by atoms with E-state index in [4.69, 9.17) is 16.3 Å². The molecule has 4 nitrogen and oxygen atoms in total. The maximum Gasteiger partial charge on any atom is 0.358 e. The number of halogens is 1. The third-order valence-electron chi connectivity index (χ3n) is 3.05. The summed E-state index contributed by atoms with van der Waals surface area (Å²) in [6, 6.07) is 0. The quantitative estimate of drug-likeness (QED) is 0.789. The minimum atomic E-state index is -0.434. The Morgan fingerprint density at radius 2 is 2.11 bits per heavy atom. The summed E-state index contributed by atoms with van der Waals surface area (Å²) < 4.78 is 5.40. The van der Waals surface area contributed by atoms with Gasteiger partial charge in [0.15, 0.2) is 5.69 Å². The van der Waals surface area contributed by atoms with Crippen molar-refractivity contribution in [3.63, 3.8) is 0 Å². The fourth-order valence-corrected chi connectivity index (χ4v) is 2.18. The second-order valence-corrected chi connectivity index (χ2v) is 5.30. The highest BCUT2D eigenvalue weighted by molar-refractivity contribution is 6.33. The van der Waals surface area contributed by atoms with Gasteiger partial charge in [-0.05, 0) is 25.7 Å². The molecular formula is C13H17ClN2O2. The van der Waals surface area contributed by atoms with Gasteiger partial charge in [0.2, 0.25) is 0 Å². The van der Waals surface area contributed by atoms with Crippen LogP contribution in [0.5, 0.6) is 0 Å². The first-order valence-corrected chi connectivity index (χ1v) is 6.69. The first-order chi connectivity index (χ1) is 8.58. The van der Waals surface area contributed by atoms with Gasteiger partial charge in [-0.3, -0.25) is 0 Å².